The van der Waals surface area contributed by atoms with Crippen molar-refractivity contribution in [2.45, 2.75) is 44.7 Å². The van der Waals surface area contributed by atoms with E-state index < -0.39 is 6.36 Å². The van der Waals surface area contributed by atoms with E-state index in [-0.39, 0.29) is 23.8 Å². The first kappa shape index (κ1) is 16.1. The van der Waals surface area contributed by atoms with Crippen LogP contribution >= 0.6 is 0 Å². The van der Waals surface area contributed by atoms with Crippen LogP contribution in [0.4, 0.5) is 13.2 Å². The molecule has 0 amide bonds. The van der Waals surface area contributed by atoms with Gasteiger partial charge in [0.2, 0.25) is 0 Å². The van der Waals surface area contributed by atoms with E-state index in [1.165, 1.54) is 12.1 Å². The number of rotatable bonds is 5. The molecule has 6 heteroatoms. The molecule has 1 aliphatic carbocycles. The quantitative estimate of drug-likeness (QED) is 0.876. The van der Waals surface area contributed by atoms with Crippen LogP contribution in [0.5, 0.6) is 5.75 Å². The topological polar surface area (TPSA) is 41.5 Å². The average molecular weight is 303 g/mol. The van der Waals surface area contributed by atoms with Crippen LogP contribution in [0.1, 0.15) is 37.8 Å². The van der Waals surface area contributed by atoms with Crippen LogP contribution in [0.3, 0.4) is 0 Å². The van der Waals surface area contributed by atoms with Gasteiger partial charge in [0.05, 0.1) is 6.10 Å². The van der Waals surface area contributed by atoms with Gasteiger partial charge in [-0.3, -0.25) is 0 Å². The third-order valence-corrected chi connectivity index (χ3v) is 3.92. The second-order valence-electron chi connectivity index (χ2n) is 5.51. The van der Waals surface area contributed by atoms with Crippen molar-refractivity contribution in [2.75, 3.05) is 6.54 Å². The summed E-state index contributed by atoms with van der Waals surface area (Å²) in [6.45, 7) is 2.66. The molecule has 0 aromatic heterocycles. The molecule has 0 saturated heterocycles. The van der Waals surface area contributed by atoms with Gasteiger partial charge < -0.3 is 15.2 Å². The van der Waals surface area contributed by atoms with Crippen molar-refractivity contribution in [2.24, 2.45) is 5.92 Å². The predicted octanol–water partition coefficient (Wildman–Crippen LogP) is 3.40. The molecular formula is C15H20F3NO2. The van der Waals surface area contributed by atoms with Crippen LogP contribution in [0.2, 0.25) is 0 Å². The van der Waals surface area contributed by atoms with Crippen molar-refractivity contribution in [3.8, 4) is 5.75 Å². The highest BCUT2D eigenvalue weighted by molar-refractivity contribution is 5.29. The molecule has 2 rings (SSSR count). The molecule has 1 saturated carbocycles. The summed E-state index contributed by atoms with van der Waals surface area (Å²) < 4.78 is 40.1. The van der Waals surface area contributed by atoms with Crippen molar-refractivity contribution in [3.63, 3.8) is 0 Å². The lowest BCUT2D eigenvalue weighted by molar-refractivity contribution is -0.274. The van der Waals surface area contributed by atoms with Crippen LogP contribution in [-0.4, -0.2) is 24.1 Å². The number of aliphatic hydroxyl groups excluding tert-OH is 1. The van der Waals surface area contributed by atoms with E-state index in [2.05, 4.69) is 10.1 Å². The summed E-state index contributed by atoms with van der Waals surface area (Å²) in [5.41, 5.74) is 0.886. The molecule has 0 radical (unpaired) electrons. The van der Waals surface area contributed by atoms with E-state index in [9.17, 15) is 18.3 Å². The molecule has 0 heterocycles. The van der Waals surface area contributed by atoms with Gasteiger partial charge in [0, 0.05) is 12.6 Å². The summed E-state index contributed by atoms with van der Waals surface area (Å²) in [5.74, 6) is 0.0463. The molecule has 118 valence electrons. The molecule has 1 fully saturated rings. The van der Waals surface area contributed by atoms with Gasteiger partial charge >= 0.3 is 6.36 Å². The first-order valence-electron chi connectivity index (χ1n) is 7.12. The van der Waals surface area contributed by atoms with Gasteiger partial charge in [-0.1, -0.05) is 18.6 Å². The molecule has 1 aromatic carbocycles. The smallest absolute Gasteiger partial charge is 0.406 e. The van der Waals surface area contributed by atoms with Gasteiger partial charge in [0.1, 0.15) is 5.75 Å². The lowest BCUT2D eigenvalue weighted by Crippen LogP contribution is -2.29. The monoisotopic (exact) mass is 303 g/mol. The normalized spacial score (nSPS) is 24.0. The van der Waals surface area contributed by atoms with Gasteiger partial charge in [0.25, 0.3) is 0 Å². The Labute approximate surface area is 122 Å². The maximum atomic E-state index is 12.1. The average Bonchev–Trinajstić information content (AvgIpc) is 2.80. The van der Waals surface area contributed by atoms with Crippen molar-refractivity contribution < 1.29 is 23.0 Å². The Morgan fingerprint density at radius 2 is 1.95 bits per heavy atom. The van der Waals surface area contributed by atoms with Crippen LogP contribution < -0.4 is 10.1 Å². The highest BCUT2D eigenvalue weighted by atomic mass is 19.4. The number of nitrogens with one attached hydrogen (secondary N) is 1. The van der Waals surface area contributed by atoms with Crippen LogP contribution in [-0.2, 0) is 0 Å². The summed E-state index contributed by atoms with van der Waals surface area (Å²) in [5, 5.41) is 13.1. The summed E-state index contributed by atoms with van der Waals surface area (Å²) in [4.78, 5) is 0. The Bertz CT molecular complexity index is 447. The minimum Gasteiger partial charge on any atom is -0.406 e. The van der Waals surface area contributed by atoms with Gasteiger partial charge in [-0.05, 0) is 43.4 Å². The fourth-order valence-electron chi connectivity index (χ4n) is 2.66. The standard InChI is InChI=1S/C15H20F3NO2/c1-10(19-9-12-3-2-4-14(12)20)11-5-7-13(8-6-11)21-15(16,17)18/h5-8,10,12,14,19-20H,2-4,9H2,1H3. The Morgan fingerprint density at radius 3 is 2.48 bits per heavy atom. The SMILES string of the molecule is CC(NCC1CCCC1O)c1ccc(OC(F)(F)F)cc1. The molecule has 0 bridgehead atoms. The van der Waals surface area contributed by atoms with E-state index in [1.807, 2.05) is 6.92 Å². The molecule has 3 unspecified atom stereocenters. The summed E-state index contributed by atoms with van der Waals surface area (Å²) in [6, 6.07) is 5.86. The third-order valence-electron chi connectivity index (χ3n) is 3.92. The highest BCUT2D eigenvalue weighted by Gasteiger charge is 2.31. The first-order chi connectivity index (χ1) is 9.85. The zero-order valence-corrected chi connectivity index (χ0v) is 11.9. The largest absolute Gasteiger partial charge is 0.573 e. The van der Waals surface area contributed by atoms with Crippen LogP contribution in [0.15, 0.2) is 24.3 Å². The molecule has 0 aliphatic heterocycles. The van der Waals surface area contributed by atoms with Crippen LogP contribution in [0.25, 0.3) is 0 Å². The Hall–Kier alpha value is -1.27. The zero-order chi connectivity index (χ0) is 15.5. The summed E-state index contributed by atoms with van der Waals surface area (Å²) in [6.07, 6.45) is -1.99. The Balaban J connectivity index is 1.86. The molecule has 2 N–H and O–H groups in total. The molecule has 1 aliphatic rings. The maximum absolute atomic E-state index is 12.1. The van der Waals surface area contributed by atoms with Gasteiger partial charge in [-0.15, -0.1) is 13.2 Å². The fraction of sp³-hybridized carbons (Fsp3) is 0.600. The van der Waals surface area contributed by atoms with Crippen molar-refractivity contribution in [1.29, 1.82) is 0 Å². The second-order valence-corrected chi connectivity index (χ2v) is 5.51. The number of alkyl halides is 3. The Morgan fingerprint density at radius 1 is 1.29 bits per heavy atom. The maximum Gasteiger partial charge on any atom is 0.573 e. The minimum absolute atomic E-state index is 0.0118. The Kier molecular flexibility index (Phi) is 5.11. The summed E-state index contributed by atoms with van der Waals surface area (Å²) in [7, 11) is 0. The first-order valence-corrected chi connectivity index (χ1v) is 7.12. The lowest BCUT2D eigenvalue weighted by Gasteiger charge is -2.20. The number of benzene rings is 1. The highest BCUT2D eigenvalue weighted by Crippen LogP contribution is 2.27. The number of ether oxygens (including phenoxy) is 1. The number of halogens is 3. The zero-order valence-electron chi connectivity index (χ0n) is 11.9. The van der Waals surface area contributed by atoms with E-state index in [0.717, 1.165) is 24.8 Å². The molecule has 1 aromatic rings. The predicted molar refractivity (Wildman–Crippen MR) is 72.9 cm³/mol. The molecule has 0 spiro atoms. The third kappa shape index (κ3) is 4.89. The second kappa shape index (κ2) is 6.66. The minimum atomic E-state index is -4.66. The number of hydrogen-bond donors (Lipinski definition) is 2. The van der Waals surface area contributed by atoms with Crippen LogP contribution in [0, 0.1) is 5.92 Å². The molecular weight excluding hydrogens is 283 g/mol. The lowest BCUT2D eigenvalue weighted by atomic mass is 10.0. The van der Waals surface area contributed by atoms with E-state index in [1.54, 1.807) is 12.1 Å². The fourth-order valence-corrected chi connectivity index (χ4v) is 2.66. The van der Waals surface area contributed by atoms with Gasteiger partial charge in [-0.2, -0.15) is 0 Å². The molecule has 3 atom stereocenters. The van der Waals surface area contributed by atoms with Crippen molar-refractivity contribution >= 4 is 0 Å². The van der Waals surface area contributed by atoms with E-state index in [0.29, 0.717) is 6.54 Å². The number of hydrogen-bond acceptors (Lipinski definition) is 3. The molecule has 21 heavy (non-hydrogen) atoms. The number of aliphatic hydroxyl groups is 1. The molecule has 3 nitrogen and oxygen atoms in total. The van der Waals surface area contributed by atoms with Crippen molar-refractivity contribution in [1.82, 2.24) is 5.32 Å². The van der Waals surface area contributed by atoms with Gasteiger partial charge in [0.15, 0.2) is 0 Å². The van der Waals surface area contributed by atoms with Crippen molar-refractivity contribution in [3.05, 3.63) is 29.8 Å². The van der Waals surface area contributed by atoms with E-state index >= 15 is 0 Å². The van der Waals surface area contributed by atoms with Gasteiger partial charge in [-0.25, -0.2) is 0 Å². The summed E-state index contributed by atoms with van der Waals surface area (Å²) >= 11 is 0. The van der Waals surface area contributed by atoms with E-state index in [4.69, 9.17) is 0 Å².